The fraction of sp³-hybridized carbons (Fsp3) is 0.706. The van der Waals surface area contributed by atoms with E-state index in [1.54, 1.807) is 0 Å². The van der Waals surface area contributed by atoms with Crippen molar-refractivity contribution >= 4 is 5.97 Å². The van der Waals surface area contributed by atoms with E-state index in [1.165, 1.54) is 12.8 Å². The van der Waals surface area contributed by atoms with Gasteiger partial charge in [-0.15, -0.1) is 0 Å². The van der Waals surface area contributed by atoms with Gasteiger partial charge in [-0.05, 0) is 31.6 Å². The van der Waals surface area contributed by atoms with Gasteiger partial charge in [-0.2, -0.15) is 0 Å². The zero-order valence-corrected chi connectivity index (χ0v) is 13.4. The van der Waals surface area contributed by atoms with Crippen molar-refractivity contribution in [3.63, 3.8) is 0 Å². The van der Waals surface area contributed by atoms with Crippen LogP contribution in [0.3, 0.4) is 0 Å². The summed E-state index contributed by atoms with van der Waals surface area (Å²) in [5.41, 5.74) is 2.69. The molecule has 1 fully saturated rings. The first kappa shape index (κ1) is 15.9. The summed E-state index contributed by atoms with van der Waals surface area (Å²) in [6, 6.07) is 0. The van der Waals surface area contributed by atoms with Gasteiger partial charge in [0.2, 0.25) is 0 Å². The van der Waals surface area contributed by atoms with E-state index in [0.717, 1.165) is 54.4 Å². The van der Waals surface area contributed by atoms with Gasteiger partial charge < -0.3 is 5.11 Å². The zero-order valence-electron chi connectivity index (χ0n) is 13.4. The maximum atomic E-state index is 11.1. The van der Waals surface area contributed by atoms with Crippen LogP contribution in [0.4, 0.5) is 0 Å². The van der Waals surface area contributed by atoms with E-state index in [0.29, 0.717) is 5.92 Å². The quantitative estimate of drug-likeness (QED) is 0.901. The molecule has 0 bridgehead atoms. The van der Waals surface area contributed by atoms with Crippen LogP contribution in [-0.2, 0) is 24.1 Å². The molecule has 21 heavy (non-hydrogen) atoms. The van der Waals surface area contributed by atoms with Crippen molar-refractivity contribution in [2.45, 2.75) is 71.6 Å². The summed E-state index contributed by atoms with van der Waals surface area (Å²) in [7, 11) is 0. The van der Waals surface area contributed by atoms with Crippen molar-refractivity contribution < 1.29 is 9.90 Å². The van der Waals surface area contributed by atoms with Gasteiger partial charge in [0.05, 0.1) is 6.42 Å². The molecule has 1 N–H and O–H groups in total. The van der Waals surface area contributed by atoms with Crippen molar-refractivity contribution in [2.75, 3.05) is 0 Å². The van der Waals surface area contributed by atoms with Gasteiger partial charge in [0, 0.05) is 22.9 Å². The Balaban J connectivity index is 2.33. The minimum absolute atomic E-state index is 0.0360. The van der Waals surface area contributed by atoms with Crippen molar-refractivity contribution in [1.29, 1.82) is 0 Å². The van der Waals surface area contributed by atoms with Crippen LogP contribution in [0, 0.1) is 5.92 Å². The number of hydrogen-bond donors (Lipinski definition) is 1. The third kappa shape index (κ3) is 3.80. The van der Waals surface area contributed by atoms with E-state index in [1.807, 2.05) is 13.8 Å². The first-order valence-corrected chi connectivity index (χ1v) is 8.15. The number of aliphatic carboxylic acids is 1. The number of nitrogens with zero attached hydrogens (tertiary/aromatic N) is 2. The van der Waals surface area contributed by atoms with Crippen LogP contribution in [0.1, 0.15) is 75.1 Å². The Hall–Kier alpha value is -1.45. The highest BCUT2D eigenvalue weighted by molar-refractivity contribution is 5.71. The van der Waals surface area contributed by atoms with Gasteiger partial charge >= 0.3 is 5.97 Å². The Labute approximate surface area is 127 Å². The fourth-order valence-corrected chi connectivity index (χ4v) is 3.24. The van der Waals surface area contributed by atoms with E-state index in [4.69, 9.17) is 15.1 Å². The first-order chi connectivity index (χ1) is 10.0. The molecule has 0 amide bonds. The summed E-state index contributed by atoms with van der Waals surface area (Å²) in [5.74, 6) is 1.41. The molecule has 0 atom stereocenters. The summed E-state index contributed by atoms with van der Waals surface area (Å²) in [6.45, 7) is 6.39. The molecule has 1 aromatic heterocycles. The maximum absolute atomic E-state index is 11.1. The Morgan fingerprint density at radius 2 is 1.62 bits per heavy atom. The second-order valence-electron chi connectivity index (χ2n) is 6.19. The lowest BCUT2D eigenvalue weighted by molar-refractivity contribution is -0.136. The Morgan fingerprint density at radius 1 is 1.10 bits per heavy atom. The molecule has 0 saturated heterocycles. The lowest BCUT2D eigenvalue weighted by Crippen LogP contribution is -2.18. The third-order valence-corrected chi connectivity index (χ3v) is 4.57. The highest BCUT2D eigenvalue weighted by Crippen LogP contribution is 2.34. The Bertz CT molecular complexity index is 481. The number of carboxylic acid groups (broad SMARTS) is 1. The van der Waals surface area contributed by atoms with Gasteiger partial charge in [-0.1, -0.05) is 33.6 Å². The smallest absolute Gasteiger partial charge is 0.307 e. The normalized spacial score (nSPS) is 22.2. The Kier molecular flexibility index (Phi) is 5.32. The molecular formula is C17H26N2O2. The minimum atomic E-state index is -0.803. The van der Waals surface area contributed by atoms with Gasteiger partial charge in [-0.3, -0.25) is 4.79 Å². The van der Waals surface area contributed by atoms with Crippen molar-refractivity contribution in [3.8, 4) is 0 Å². The summed E-state index contributed by atoms with van der Waals surface area (Å²) in [5, 5.41) is 9.10. The van der Waals surface area contributed by atoms with Crippen LogP contribution in [0.2, 0.25) is 0 Å². The molecule has 0 spiro atoms. The largest absolute Gasteiger partial charge is 0.481 e. The van der Waals surface area contributed by atoms with Gasteiger partial charge in [-0.25, -0.2) is 9.97 Å². The van der Waals surface area contributed by atoms with Crippen molar-refractivity contribution in [3.05, 3.63) is 22.8 Å². The molecule has 4 heteroatoms. The minimum Gasteiger partial charge on any atom is -0.481 e. The number of carbonyl (C=O) groups is 1. The number of aryl methyl sites for hydroxylation is 2. The van der Waals surface area contributed by atoms with E-state index in [2.05, 4.69) is 6.92 Å². The second-order valence-corrected chi connectivity index (χ2v) is 6.19. The molecule has 0 aliphatic heterocycles. The standard InChI is InChI=1S/C17H26N2O2/c1-4-14-13(10-16(20)21)15(5-2)19-17(18-14)12-8-6-11(3)7-9-12/h11-12H,4-10H2,1-3H3,(H,20,21). The average Bonchev–Trinajstić information content (AvgIpc) is 2.47. The summed E-state index contributed by atoms with van der Waals surface area (Å²) in [6.07, 6.45) is 6.38. The third-order valence-electron chi connectivity index (χ3n) is 4.57. The van der Waals surface area contributed by atoms with Crippen LogP contribution in [-0.4, -0.2) is 21.0 Å². The summed E-state index contributed by atoms with van der Waals surface area (Å²) < 4.78 is 0. The topological polar surface area (TPSA) is 63.1 Å². The highest BCUT2D eigenvalue weighted by atomic mass is 16.4. The lowest BCUT2D eigenvalue weighted by Gasteiger charge is -2.26. The molecule has 1 aromatic rings. The predicted octanol–water partition coefficient (Wildman–Crippen LogP) is 3.52. The summed E-state index contributed by atoms with van der Waals surface area (Å²) in [4.78, 5) is 20.5. The van der Waals surface area contributed by atoms with Crippen LogP contribution in [0.25, 0.3) is 0 Å². The molecule has 116 valence electrons. The zero-order chi connectivity index (χ0) is 15.4. The predicted molar refractivity (Wildman–Crippen MR) is 82.5 cm³/mol. The van der Waals surface area contributed by atoms with Crippen molar-refractivity contribution in [2.24, 2.45) is 5.92 Å². The number of hydrogen-bond acceptors (Lipinski definition) is 3. The number of aromatic nitrogens is 2. The van der Waals surface area contributed by atoms with Crippen LogP contribution < -0.4 is 0 Å². The molecular weight excluding hydrogens is 264 g/mol. The van der Waals surface area contributed by atoms with E-state index >= 15 is 0 Å². The number of carboxylic acids is 1. The van der Waals surface area contributed by atoms with Gasteiger partial charge in [0.15, 0.2) is 0 Å². The van der Waals surface area contributed by atoms with Crippen LogP contribution in [0.5, 0.6) is 0 Å². The average molecular weight is 290 g/mol. The fourth-order valence-electron chi connectivity index (χ4n) is 3.24. The van der Waals surface area contributed by atoms with E-state index in [-0.39, 0.29) is 6.42 Å². The van der Waals surface area contributed by atoms with Crippen LogP contribution in [0.15, 0.2) is 0 Å². The van der Waals surface area contributed by atoms with E-state index in [9.17, 15) is 4.79 Å². The molecule has 1 aliphatic rings. The monoisotopic (exact) mass is 290 g/mol. The van der Waals surface area contributed by atoms with E-state index < -0.39 is 5.97 Å². The van der Waals surface area contributed by atoms with Crippen molar-refractivity contribution in [1.82, 2.24) is 9.97 Å². The molecule has 1 saturated carbocycles. The van der Waals surface area contributed by atoms with Gasteiger partial charge in [0.1, 0.15) is 5.82 Å². The highest BCUT2D eigenvalue weighted by Gasteiger charge is 2.24. The first-order valence-electron chi connectivity index (χ1n) is 8.15. The second kappa shape index (κ2) is 7.01. The molecule has 1 heterocycles. The molecule has 0 unspecified atom stereocenters. The molecule has 4 nitrogen and oxygen atoms in total. The Morgan fingerprint density at radius 3 is 2.05 bits per heavy atom. The molecule has 0 radical (unpaired) electrons. The van der Waals surface area contributed by atoms with Gasteiger partial charge in [0.25, 0.3) is 0 Å². The summed E-state index contributed by atoms with van der Waals surface area (Å²) >= 11 is 0. The molecule has 0 aromatic carbocycles. The molecule has 1 aliphatic carbocycles. The SMILES string of the molecule is CCc1nc(C2CCC(C)CC2)nc(CC)c1CC(=O)O. The maximum Gasteiger partial charge on any atom is 0.307 e. The number of rotatable bonds is 5. The lowest BCUT2D eigenvalue weighted by atomic mass is 9.82. The van der Waals surface area contributed by atoms with Crippen LogP contribution >= 0.6 is 0 Å². The molecule has 2 rings (SSSR count).